The SMILES string of the molecule is CN(C)C(=O)/C(C#N)=C\c1cc(Br)ccc1OCc1cccc([N+](=O)[O-])c1. The topological polar surface area (TPSA) is 96.5 Å². The number of halogens is 1. The molecule has 2 rings (SSSR count). The van der Waals surface area contributed by atoms with Crippen LogP contribution in [0.25, 0.3) is 6.08 Å². The third-order valence-electron chi connectivity index (χ3n) is 3.54. The number of carbonyl (C=O) groups excluding carboxylic acids is 1. The number of nitriles is 1. The standard InChI is InChI=1S/C19H16BrN3O4/c1-22(2)19(24)15(11-21)9-14-10-16(20)6-7-18(14)27-12-13-4-3-5-17(8-13)23(25)26/h3-10H,12H2,1-2H3/b15-9-. The van der Waals surface area contributed by atoms with Crippen molar-refractivity contribution in [1.29, 1.82) is 5.26 Å². The molecule has 7 nitrogen and oxygen atoms in total. The van der Waals surface area contributed by atoms with Crippen LogP contribution in [0.4, 0.5) is 5.69 Å². The third-order valence-corrected chi connectivity index (χ3v) is 4.04. The molecule has 0 N–H and O–H groups in total. The number of rotatable bonds is 6. The Labute approximate surface area is 164 Å². The molecule has 138 valence electrons. The maximum Gasteiger partial charge on any atom is 0.269 e. The van der Waals surface area contributed by atoms with E-state index in [0.29, 0.717) is 16.9 Å². The van der Waals surface area contributed by atoms with Crippen LogP contribution in [-0.2, 0) is 11.4 Å². The van der Waals surface area contributed by atoms with Crippen LogP contribution in [0.5, 0.6) is 5.75 Å². The first kappa shape index (κ1) is 20.1. The van der Waals surface area contributed by atoms with E-state index in [4.69, 9.17) is 4.74 Å². The molecule has 0 heterocycles. The van der Waals surface area contributed by atoms with Crippen molar-refractivity contribution in [3.05, 3.63) is 73.8 Å². The lowest BCUT2D eigenvalue weighted by Crippen LogP contribution is -2.22. The van der Waals surface area contributed by atoms with Gasteiger partial charge in [-0.05, 0) is 29.8 Å². The first-order valence-corrected chi connectivity index (χ1v) is 8.60. The Kier molecular flexibility index (Phi) is 6.68. The Bertz CT molecular complexity index is 948. The van der Waals surface area contributed by atoms with Gasteiger partial charge in [-0.2, -0.15) is 5.26 Å². The van der Waals surface area contributed by atoms with E-state index >= 15 is 0 Å². The third kappa shape index (κ3) is 5.39. The van der Waals surface area contributed by atoms with Gasteiger partial charge in [0.15, 0.2) is 0 Å². The van der Waals surface area contributed by atoms with Crippen LogP contribution in [0.3, 0.4) is 0 Å². The number of hydrogen-bond acceptors (Lipinski definition) is 5. The predicted molar refractivity (Wildman–Crippen MR) is 104 cm³/mol. The quantitative estimate of drug-likeness (QED) is 0.300. The number of nitrogens with zero attached hydrogens (tertiary/aromatic N) is 3. The van der Waals surface area contributed by atoms with E-state index in [1.54, 1.807) is 44.4 Å². The summed E-state index contributed by atoms with van der Waals surface area (Å²) in [6, 6.07) is 13.2. The molecule has 0 saturated carbocycles. The Morgan fingerprint density at radius 3 is 2.70 bits per heavy atom. The van der Waals surface area contributed by atoms with E-state index in [2.05, 4.69) is 15.9 Å². The second kappa shape index (κ2) is 8.96. The summed E-state index contributed by atoms with van der Waals surface area (Å²) in [5.74, 6) is 0.0334. The molecular formula is C19H16BrN3O4. The fourth-order valence-corrected chi connectivity index (χ4v) is 2.60. The smallest absolute Gasteiger partial charge is 0.269 e. The second-order valence-corrected chi connectivity index (χ2v) is 6.68. The van der Waals surface area contributed by atoms with Crippen molar-refractivity contribution >= 4 is 33.6 Å². The molecule has 0 fully saturated rings. The van der Waals surface area contributed by atoms with Crippen LogP contribution < -0.4 is 4.74 Å². The second-order valence-electron chi connectivity index (χ2n) is 5.77. The minimum Gasteiger partial charge on any atom is -0.488 e. The zero-order valence-corrected chi connectivity index (χ0v) is 16.3. The summed E-state index contributed by atoms with van der Waals surface area (Å²) in [7, 11) is 3.13. The predicted octanol–water partition coefficient (Wildman–Crippen LogP) is 3.93. The number of nitro benzene ring substituents is 1. The average Bonchev–Trinajstić information content (AvgIpc) is 2.64. The van der Waals surface area contributed by atoms with Crippen LogP contribution in [0.15, 0.2) is 52.5 Å². The molecule has 0 atom stereocenters. The molecule has 8 heteroatoms. The van der Waals surface area contributed by atoms with Gasteiger partial charge in [-0.1, -0.05) is 28.1 Å². The van der Waals surface area contributed by atoms with Crippen molar-refractivity contribution in [3.63, 3.8) is 0 Å². The number of nitro groups is 1. The van der Waals surface area contributed by atoms with Gasteiger partial charge in [0.1, 0.15) is 24.0 Å². The van der Waals surface area contributed by atoms with Crippen molar-refractivity contribution in [3.8, 4) is 11.8 Å². The van der Waals surface area contributed by atoms with Gasteiger partial charge in [-0.3, -0.25) is 14.9 Å². The van der Waals surface area contributed by atoms with Crippen molar-refractivity contribution < 1.29 is 14.5 Å². The summed E-state index contributed by atoms with van der Waals surface area (Å²) < 4.78 is 6.53. The van der Waals surface area contributed by atoms with Crippen molar-refractivity contribution in [2.45, 2.75) is 6.61 Å². The molecule has 0 bridgehead atoms. The zero-order valence-electron chi connectivity index (χ0n) is 14.7. The lowest BCUT2D eigenvalue weighted by atomic mass is 10.1. The zero-order chi connectivity index (χ0) is 20.0. The van der Waals surface area contributed by atoms with Crippen molar-refractivity contribution in [2.24, 2.45) is 0 Å². The minimum absolute atomic E-state index is 0.0182. The lowest BCUT2D eigenvalue weighted by molar-refractivity contribution is -0.384. The van der Waals surface area contributed by atoms with Gasteiger partial charge in [0, 0.05) is 36.3 Å². The van der Waals surface area contributed by atoms with Crippen molar-refractivity contribution in [1.82, 2.24) is 4.90 Å². The fourth-order valence-electron chi connectivity index (χ4n) is 2.22. The summed E-state index contributed by atoms with van der Waals surface area (Å²) in [4.78, 5) is 23.8. The van der Waals surface area contributed by atoms with Gasteiger partial charge in [0.25, 0.3) is 11.6 Å². The number of ether oxygens (including phenoxy) is 1. The largest absolute Gasteiger partial charge is 0.488 e. The first-order chi connectivity index (χ1) is 12.8. The maximum atomic E-state index is 12.1. The molecule has 0 aliphatic rings. The molecule has 1 amide bonds. The van der Waals surface area contributed by atoms with E-state index in [1.807, 2.05) is 6.07 Å². The number of likely N-dealkylation sites (N-methyl/N-ethyl adjacent to an activating group) is 1. The normalized spacial score (nSPS) is 10.8. The molecule has 0 radical (unpaired) electrons. The molecule has 27 heavy (non-hydrogen) atoms. The Morgan fingerprint density at radius 1 is 1.33 bits per heavy atom. The number of benzene rings is 2. The van der Waals surface area contributed by atoms with Crippen LogP contribution in [0.2, 0.25) is 0 Å². The van der Waals surface area contributed by atoms with E-state index in [0.717, 1.165) is 4.47 Å². The highest BCUT2D eigenvalue weighted by Crippen LogP contribution is 2.27. The highest BCUT2D eigenvalue weighted by molar-refractivity contribution is 9.10. The molecule has 0 aliphatic carbocycles. The molecular weight excluding hydrogens is 414 g/mol. The molecule has 2 aromatic carbocycles. The highest BCUT2D eigenvalue weighted by atomic mass is 79.9. The molecule has 0 spiro atoms. The van der Waals surface area contributed by atoms with Gasteiger partial charge in [0.05, 0.1) is 4.92 Å². The summed E-state index contributed by atoms with van der Waals surface area (Å²) in [5.41, 5.74) is 1.13. The lowest BCUT2D eigenvalue weighted by Gasteiger charge is -2.12. The van der Waals surface area contributed by atoms with Crippen LogP contribution in [0, 0.1) is 21.4 Å². The van der Waals surface area contributed by atoms with Crippen LogP contribution >= 0.6 is 15.9 Å². The van der Waals surface area contributed by atoms with E-state index in [1.165, 1.54) is 23.1 Å². The number of carbonyl (C=O) groups is 1. The molecule has 0 saturated heterocycles. The summed E-state index contributed by atoms with van der Waals surface area (Å²) in [6.45, 7) is 0.105. The number of hydrogen-bond donors (Lipinski definition) is 0. The molecule has 2 aromatic rings. The van der Waals surface area contributed by atoms with Crippen LogP contribution in [-0.4, -0.2) is 29.8 Å². The summed E-state index contributed by atoms with van der Waals surface area (Å²) in [5, 5.41) is 20.2. The van der Waals surface area contributed by atoms with Gasteiger partial charge in [-0.15, -0.1) is 0 Å². The molecule has 0 aliphatic heterocycles. The number of non-ortho nitro benzene ring substituents is 1. The fraction of sp³-hybridized carbons (Fsp3) is 0.158. The summed E-state index contributed by atoms with van der Waals surface area (Å²) in [6.07, 6.45) is 1.45. The van der Waals surface area contributed by atoms with Gasteiger partial charge >= 0.3 is 0 Å². The summed E-state index contributed by atoms with van der Waals surface area (Å²) >= 11 is 3.36. The molecule has 0 aromatic heterocycles. The van der Waals surface area contributed by atoms with Gasteiger partial charge in [-0.25, -0.2) is 0 Å². The number of amides is 1. The minimum atomic E-state index is -0.469. The maximum absolute atomic E-state index is 12.1. The Hall–Kier alpha value is -3.18. The van der Waals surface area contributed by atoms with Crippen molar-refractivity contribution in [2.75, 3.05) is 14.1 Å². The van der Waals surface area contributed by atoms with Crippen LogP contribution in [0.1, 0.15) is 11.1 Å². The Balaban J connectivity index is 2.31. The van der Waals surface area contributed by atoms with Gasteiger partial charge < -0.3 is 9.64 Å². The Morgan fingerprint density at radius 2 is 2.07 bits per heavy atom. The van der Waals surface area contributed by atoms with Gasteiger partial charge in [0.2, 0.25) is 0 Å². The van der Waals surface area contributed by atoms with E-state index < -0.39 is 10.8 Å². The monoisotopic (exact) mass is 429 g/mol. The van der Waals surface area contributed by atoms with E-state index in [9.17, 15) is 20.2 Å². The molecule has 0 unspecified atom stereocenters. The highest BCUT2D eigenvalue weighted by Gasteiger charge is 2.13. The first-order valence-electron chi connectivity index (χ1n) is 7.81. The van der Waals surface area contributed by atoms with E-state index in [-0.39, 0.29) is 17.9 Å². The average molecular weight is 430 g/mol.